The minimum atomic E-state index is -3.74. The van der Waals surface area contributed by atoms with Gasteiger partial charge in [-0.05, 0) is 66.6 Å². The van der Waals surface area contributed by atoms with Crippen molar-refractivity contribution in [1.29, 1.82) is 0 Å². The third-order valence-corrected chi connectivity index (χ3v) is 9.07. The number of para-hydroxylation sites is 2. The second-order valence-corrected chi connectivity index (χ2v) is 11.3. The van der Waals surface area contributed by atoms with Crippen LogP contribution in [0.5, 0.6) is 0 Å². The van der Waals surface area contributed by atoms with Crippen LogP contribution in [0.2, 0.25) is 0 Å². The molecule has 6 rings (SSSR count). The number of rotatable bonds is 6. The van der Waals surface area contributed by atoms with E-state index in [1.54, 1.807) is 35.4 Å². The normalized spacial score (nSPS) is 13.2. The molecule has 0 atom stereocenters. The number of fused-ring (bicyclic) bond motifs is 2. The number of hydrogen-bond acceptors (Lipinski definition) is 6. The molecule has 1 aliphatic heterocycles. The molecule has 180 valence electrons. The van der Waals surface area contributed by atoms with Crippen LogP contribution in [-0.4, -0.2) is 25.9 Å². The molecule has 1 amide bonds. The SMILES string of the molecule is O=C(c1ccc(S(=O)(=O)N2CCc3ccccc32)cc1)N(Cc1ccco1)c1nc2ccccc2s1. The molecule has 1 aliphatic rings. The highest BCUT2D eigenvalue weighted by Crippen LogP contribution is 2.34. The van der Waals surface area contributed by atoms with Crippen molar-refractivity contribution in [3.8, 4) is 0 Å². The van der Waals surface area contributed by atoms with Gasteiger partial charge in [0.05, 0.1) is 33.6 Å². The van der Waals surface area contributed by atoms with Crippen LogP contribution in [0.4, 0.5) is 10.8 Å². The van der Waals surface area contributed by atoms with Gasteiger partial charge in [-0.2, -0.15) is 0 Å². The van der Waals surface area contributed by atoms with Crippen molar-refractivity contribution in [1.82, 2.24) is 4.98 Å². The molecule has 7 nitrogen and oxygen atoms in total. The number of amides is 1. The highest BCUT2D eigenvalue weighted by molar-refractivity contribution is 7.92. The van der Waals surface area contributed by atoms with Crippen molar-refractivity contribution in [2.45, 2.75) is 17.9 Å². The standard InChI is InChI=1S/C27H21N3O4S2/c31-26(29(18-21-7-5-17-34-21)27-28-23-8-2-4-10-25(23)35-27)20-11-13-22(14-12-20)36(32,33)30-16-15-19-6-1-3-9-24(19)30/h1-14,17H,15-16,18H2. The average Bonchev–Trinajstić information content (AvgIpc) is 3.66. The molecule has 0 bridgehead atoms. The van der Waals surface area contributed by atoms with Crippen molar-refractivity contribution in [2.75, 3.05) is 15.7 Å². The lowest BCUT2D eigenvalue weighted by atomic mass is 10.2. The fraction of sp³-hybridized carbons (Fsp3) is 0.111. The van der Waals surface area contributed by atoms with Crippen LogP contribution in [0.25, 0.3) is 10.2 Å². The van der Waals surface area contributed by atoms with Crippen LogP contribution in [0.15, 0.2) is 101 Å². The lowest BCUT2D eigenvalue weighted by molar-refractivity contribution is 0.0983. The van der Waals surface area contributed by atoms with Crippen molar-refractivity contribution >= 4 is 48.3 Å². The summed E-state index contributed by atoms with van der Waals surface area (Å²) in [5.74, 6) is 0.329. The lowest BCUT2D eigenvalue weighted by Crippen LogP contribution is -2.31. The first-order valence-corrected chi connectivity index (χ1v) is 13.7. The summed E-state index contributed by atoms with van der Waals surface area (Å²) in [6.07, 6.45) is 2.24. The van der Waals surface area contributed by atoms with Crippen LogP contribution in [-0.2, 0) is 23.0 Å². The molecule has 3 aromatic carbocycles. The van der Waals surface area contributed by atoms with Crippen LogP contribution >= 0.6 is 11.3 Å². The van der Waals surface area contributed by atoms with E-state index in [-0.39, 0.29) is 17.3 Å². The van der Waals surface area contributed by atoms with E-state index in [0.29, 0.717) is 35.1 Å². The predicted octanol–water partition coefficient (Wildman–Crippen LogP) is 5.49. The third kappa shape index (κ3) is 3.96. The van der Waals surface area contributed by atoms with E-state index in [2.05, 4.69) is 4.98 Å². The van der Waals surface area contributed by atoms with Gasteiger partial charge in [0, 0.05) is 12.1 Å². The number of benzene rings is 3. The number of sulfonamides is 1. The van der Waals surface area contributed by atoms with E-state index in [9.17, 15) is 13.2 Å². The van der Waals surface area contributed by atoms with Gasteiger partial charge in [0.1, 0.15) is 5.76 Å². The van der Waals surface area contributed by atoms with Crippen molar-refractivity contribution in [3.05, 3.63) is 108 Å². The van der Waals surface area contributed by atoms with Gasteiger partial charge in [-0.1, -0.05) is 41.7 Å². The Balaban J connectivity index is 1.31. The zero-order chi connectivity index (χ0) is 24.7. The quantitative estimate of drug-likeness (QED) is 0.299. The number of anilines is 2. The van der Waals surface area contributed by atoms with E-state index in [0.717, 1.165) is 15.8 Å². The summed E-state index contributed by atoms with van der Waals surface area (Å²) in [5, 5.41) is 0.544. The molecule has 2 aromatic heterocycles. The van der Waals surface area contributed by atoms with E-state index >= 15 is 0 Å². The van der Waals surface area contributed by atoms with Gasteiger partial charge in [0.15, 0.2) is 5.13 Å². The molecular formula is C27H21N3O4S2. The molecule has 0 fully saturated rings. The Kier molecular flexibility index (Phi) is 5.58. The van der Waals surface area contributed by atoms with Gasteiger partial charge in [-0.25, -0.2) is 13.4 Å². The summed E-state index contributed by atoms with van der Waals surface area (Å²) in [6, 6.07) is 24.9. The molecule has 3 heterocycles. The lowest BCUT2D eigenvalue weighted by Gasteiger charge is -2.21. The molecule has 0 aliphatic carbocycles. The predicted molar refractivity (Wildman–Crippen MR) is 140 cm³/mol. The minimum absolute atomic E-state index is 0.147. The summed E-state index contributed by atoms with van der Waals surface area (Å²) >= 11 is 1.42. The van der Waals surface area contributed by atoms with Crippen molar-refractivity contribution in [3.63, 3.8) is 0 Å². The first-order valence-electron chi connectivity index (χ1n) is 11.4. The number of nitrogens with zero attached hydrogens (tertiary/aromatic N) is 3. The Bertz CT molecular complexity index is 1630. The Morgan fingerprint density at radius 1 is 0.972 bits per heavy atom. The highest BCUT2D eigenvalue weighted by atomic mass is 32.2. The maximum atomic E-state index is 13.6. The number of thiazole rings is 1. The fourth-order valence-electron chi connectivity index (χ4n) is 4.37. The van der Waals surface area contributed by atoms with Crippen molar-refractivity contribution in [2.24, 2.45) is 0 Å². The molecule has 36 heavy (non-hydrogen) atoms. The topological polar surface area (TPSA) is 83.7 Å². The monoisotopic (exact) mass is 515 g/mol. The molecule has 9 heteroatoms. The molecule has 0 spiro atoms. The third-order valence-electron chi connectivity index (χ3n) is 6.19. The molecular weight excluding hydrogens is 494 g/mol. The molecule has 0 saturated heterocycles. The van der Waals surface area contributed by atoms with Crippen LogP contribution in [0.3, 0.4) is 0 Å². The summed E-state index contributed by atoms with van der Waals surface area (Å²) in [5.41, 5.74) is 2.89. The Morgan fingerprint density at radius 2 is 1.75 bits per heavy atom. The first-order chi connectivity index (χ1) is 17.5. The average molecular weight is 516 g/mol. The fourth-order valence-corrected chi connectivity index (χ4v) is 6.84. The molecule has 0 N–H and O–H groups in total. The first kappa shape index (κ1) is 22.5. The smallest absolute Gasteiger partial charge is 0.264 e. The number of carbonyl (C=O) groups excluding carboxylic acids is 1. The van der Waals surface area contributed by atoms with Gasteiger partial charge < -0.3 is 4.42 Å². The van der Waals surface area contributed by atoms with Crippen LogP contribution < -0.4 is 9.21 Å². The number of hydrogen-bond donors (Lipinski definition) is 0. The molecule has 0 unspecified atom stereocenters. The van der Waals surface area contributed by atoms with E-state index in [1.165, 1.54) is 27.8 Å². The maximum absolute atomic E-state index is 13.6. The van der Waals surface area contributed by atoms with Gasteiger partial charge in [0.25, 0.3) is 15.9 Å². The Hall–Kier alpha value is -3.95. The molecule has 0 saturated carbocycles. The zero-order valence-electron chi connectivity index (χ0n) is 19.1. The number of carbonyl (C=O) groups is 1. The number of aromatic nitrogens is 1. The largest absolute Gasteiger partial charge is 0.467 e. The van der Waals surface area contributed by atoms with Crippen molar-refractivity contribution < 1.29 is 17.6 Å². The zero-order valence-corrected chi connectivity index (χ0v) is 20.7. The second kappa shape index (κ2) is 8.92. The van der Waals surface area contributed by atoms with Gasteiger partial charge in [-0.3, -0.25) is 14.0 Å². The molecule has 5 aromatic rings. The van der Waals surface area contributed by atoms with Gasteiger partial charge >= 0.3 is 0 Å². The summed E-state index contributed by atoms with van der Waals surface area (Å²) in [4.78, 5) is 20.0. The summed E-state index contributed by atoms with van der Waals surface area (Å²) < 4.78 is 34.6. The van der Waals surface area contributed by atoms with Gasteiger partial charge in [0.2, 0.25) is 0 Å². The maximum Gasteiger partial charge on any atom is 0.264 e. The second-order valence-electron chi connectivity index (χ2n) is 8.42. The van der Waals surface area contributed by atoms with E-state index in [4.69, 9.17) is 4.42 Å². The van der Waals surface area contributed by atoms with E-state index < -0.39 is 10.0 Å². The highest BCUT2D eigenvalue weighted by Gasteiger charge is 2.31. The van der Waals surface area contributed by atoms with E-state index in [1.807, 2.05) is 48.5 Å². The minimum Gasteiger partial charge on any atom is -0.467 e. The summed E-state index contributed by atoms with van der Waals surface area (Å²) in [6.45, 7) is 0.604. The summed E-state index contributed by atoms with van der Waals surface area (Å²) in [7, 11) is -3.74. The number of furan rings is 1. The van der Waals surface area contributed by atoms with Crippen LogP contribution in [0.1, 0.15) is 21.7 Å². The Morgan fingerprint density at radius 3 is 2.53 bits per heavy atom. The van der Waals surface area contributed by atoms with Gasteiger partial charge in [-0.15, -0.1) is 0 Å². The van der Waals surface area contributed by atoms with Crippen LogP contribution in [0, 0.1) is 0 Å². The molecule has 0 radical (unpaired) electrons. The Labute approximate surface area is 212 Å².